The fourth-order valence-corrected chi connectivity index (χ4v) is 3.33. The molecule has 30 heavy (non-hydrogen) atoms. The second-order valence-corrected chi connectivity index (χ2v) is 7.20. The van der Waals surface area contributed by atoms with Crippen molar-refractivity contribution < 1.29 is 33.0 Å². The van der Waals surface area contributed by atoms with Crippen LogP contribution in [0.3, 0.4) is 0 Å². The molecule has 14 heteroatoms. The van der Waals surface area contributed by atoms with E-state index >= 15 is 0 Å². The Labute approximate surface area is 166 Å². The second kappa shape index (κ2) is 7.34. The van der Waals surface area contributed by atoms with Crippen molar-refractivity contribution in [3.05, 3.63) is 62.7 Å². The van der Waals surface area contributed by atoms with Crippen molar-refractivity contribution in [1.29, 1.82) is 0 Å². The van der Waals surface area contributed by atoms with Gasteiger partial charge < -0.3 is 10.2 Å². The zero-order chi connectivity index (χ0) is 22.2. The first-order chi connectivity index (χ1) is 14.0. The summed E-state index contributed by atoms with van der Waals surface area (Å²) in [5.74, 6) is -1.51. The highest BCUT2D eigenvalue weighted by atomic mass is 32.2. The summed E-state index contributed by atoms with van der Waals surface area (Å²) in [4.78, 5) is 19.5. The smallest absolute Gasteiger partial charge is 0.319 e. The van der Waals surface area contributed by atoms with E-state index in [0.29, 0.717) is 6.07 Å². The molecule has 0 heterocycles. The molecule has 3 aromatic carbocycles. The first-order valence-electron chi connectivity index (χ1n) is 7.80. The molecule has 154 valence electrons. The number of nitro groups is 2. The van der Waals surface area contributed by atoms with Crippen LogP contribution in [0.15, 0.2) is 57.6 Å². The molecule has 0 aliphatic rings. The SMILES string of the molecule is O=[N+]([O-])c1cc(N=Nc2ccc3c(S(=O)(=O)O)cccc3c2O)c(O)c([N+](=O)[O-])c1. The predicted molar refractivity (Wildman–Crippen MR) is 101 cm³/mol. The number of non-ortho nitro benzene ring substituents is 1. The molecule has 0 bridgehead atoms. The third-order valence-electron chi connectivity index (χ3n) is 3.98. The first-order valence-corrected chi connectivity index (χ1v) is 9.24. The highest BCUT2D eigenvalue weighted by molar-refractivity contribution is 7.86. The van der Waals surface area contributed by atoms with Crippen LogP contribution in [0.5, 0.6) is 11.5 Å². The maximum absolute atomic E-state index is 11.5. The molecule has 0 unspecified atom stereocenters. The second-order valence-electron chi connectivity index (χ2n) is 5.81. The number of rotatable bonds is 5. The van der Waals surface area contributed by atoms with Crippen molar-refractivity contribution in [2.45, 2.75) is 4.90 Å². The van der Waals surface area contributed by atoms with Gasteiger partial charge in [-0.2, -0.15) is 8.42 Å². The fraction of sp³-hybridized carbons (Fsp3) is 0. The Kier molecular flexibility index (Phi) is 5.03. The highest BCUT2D eigenvalue weighted by Crippen LogP contribution is 2.42. The quantitative estimate of drug-likeness (QED) is 0.231. The van der Waals surface area contributed by atoms with E-state index in [-0.39, 0.29) is 16.5 Å². The van der Waals surface area contributed by atoms with Crippen molar-refractivity contribution >= 4 is 43.6 Å². The topological polar surface area (TPSA) is 206 Å². The Hall–Kier alpha value is -4.17. The standard InChI is InChI=1S/C16H10N4O9S/c21-15-10-2-1-3-14(30(27,28)29)9(10)4-5-11(15)17-18-12-6-8(19(23)24)7-13(16(12)22)20(25)26/h1-7,21-22H,(H,27,28,29). The lowest BCUT2D eigenvalue weighted by atomic mass is 10.1. The van der Waals surface area contributed by atoms with E-state index in [4.69, 9.17) is 0 Å². The zero-order valence-corrected chi connectivity index (χ0v) is 15.3. The molecular weight excluding hydrogens is 424 g/mol. The van der Waals surface area contributed by atoms with Gasteiger partial charge in [0, 0.05) is 16.8 Å². The van der Waals surface area contributed by atoms with Gasteiger partial charge in [0.25, 0.3) is 15.8 Å². The number of azo groups is 1. The normalized spacial score (nSPS) is 11.8. The van der Waals surface area contributed by atoms with Gasteiger partial charge in [0.1, 0.15) is 16.3 Å². The maximum Gasteiger partial charge on any atom is 0.319 e. The van der Waals surface area contributed by atoms with Crippen LogP contribution in [0, 0.1) is 20.2 Å². The van der Waals surface area contributed by atoms with Gasteiger partial charge in [-0.25, -0.2) is 0 Å². The number of aromatic hydroxyl groups is 2. The molecule has 3 N–H and O–H groups in total. The van der Waals surface area contributed by atoms with Crippen LogP contribution in [0.2, 0.25) is 0 Å². The van der Waals surface area contributed by atoms with Gasteiger partial charge >= 0.3 is 5.69 Å². The zero-order valence-electron chi connectivity index (χ0n) is 14.5. The fourth-order valence-electron chi connectivity index (χ4n) is 2.63. The molecule has 0 aliphatic carbocycles. The summed E-state index contributed by atoms with van der Waals surface area (Å²) in [5, 5.41) is 49.4. The number of hydrogen-bond acceptors (Lipinski definition) is 10. The Morgan fingerprint density at radius 1 is 0.833 bits per heavy atom. The summed E-state index contributed by atoms with van der Waals surface area (Å²) in [6.07, 6.45) is 0. The molecule has 0 radical (unpaired) electrons. The molecule has 3 rings (SSSR count). The summed E-state index contributed by atoms with van der Waals surface area (Å²) in [7, 11) is -4.57. The molecule has 0 amide bonds. The van der Waals surface area contributed by atoms with Gasteiger partial charge in [-0.15, -0.1) is 10.2 Å². The summed E-state index contributed by atoms with van der Waals surface area (Å²) in [6, 6.07) is 7.40. The van der Waals surface area contributed by atoms with Gasteiger partial charge in [0.15, 0.2) is 5.75 Å². The average molecular weight is 434 g/mol. The lowest BCUT2D eigenvalue weighted by Gasteiger charge is -2.07. The van der Waals surface area contributed by atoms with Crippen LogP contribution < -0.4 is 0 Å². The molecule has 0 saturated heterocycles. The molecule has 0 aliphatic heterocycles. The number of phenols is 2. The van der Waals surface area contributed by atoms with E-state index in [2.05, 4.69) is 10.2 Å². The van der Waals surface area contributed by atoms with Crippen LogP contribution in [0.4, 0.5) is 22.7 Å². The molecule has 0 atom stereocenters. The van der Waals surface area contributed by atoms with Gasteiger partial charge in [-0.05, 0) is 12.1 Å². The summed E-state index contributed by atoms with van der Waals surface area (Å²) < 4.78 is 32.2. The number of nitrogens with zero attached hydrogens (tertiary/aromatic N) is 4. The lowest BCUT2D eigenvalue weighted by molar-refractivity contribution is -0.394. The molecule has 0 fully saturated rings. The van der Waals surface area contributed by atoms with Crippen molar-refractivity contribution in [3.63, 3.8) is 0 Å². The Balaban J connectivity index is 2.14. The molecule has 0 aromatic heterocycles. The van der Waals surface area contributed by atoms with E-state index in [1.54, 1.807) is 0 Å². The summed E-state index contributed by atoms with van der Waals surface area (Å²) in [5.41, 5.74) is -2.50. The van der Waals surface area contributed by atoms with Crippen LogP contribution in [-0.2, 0) is 10.1 Å². The number of nitro benzene ring substituents is 2. The lowest BCUT2D eigenvalue weighted by Crippen LogP contribution is -1.98. The Morgan fingerprint density at radius 3 is 2.10 bits per heavy atom. The number of hydrogen-bond donors (Lipinski definition) is 3. The molecule has 0 spiro atoms. The van der Waals surface area contributed by atoms with E-state index in [0.717, 1.165) is 18.2 Å². The Morgan fingerprint density at radius 2 is 1.50 bits per heavy atom. The summed E-state index contributed by atoms with van der Waals surface area (Å²) in [6.45, 7) is 0. The van der Waals surface area contributed by atoms with Gasteiger partial charge in [0.2, 0.25) is 5.75 Å². The first kappa shape index (κ1) is 20.6. The van der Waals surface area contributed by atoms with Crippen molar-refractivity contribution in [3.8, 4) is 11.5 Å². The monoisotopic (exact) mass is 434 g/mol. The molecule has 13 nitrogen and oxygen atoms in total. The largest absolute Gasteiger partial charge is 0.505 e. The number of fused-ring (bicyclic) bond motifs is 1. The Bertz CT molecular complexity index is 1350. The maximum atomic E-state index is 11.5. The highest BCUT2D eigenvalue weighted by Gasteiger charge is 2.24. The van der Waals surface area contributed by atoms with Crippen LogP contribution >= 0.6 is 0 Å². The minimum Gasteiger partial charge on any atom is -0.505 e. The van der Waals surface area contributed by atoms with Crippen molar-refractivity contribution in [2.75, 3.05) is 0 Å². The van der Waals surface area contributed by atoms with Gasteiger partial charge in [-0.1, -0.05) is 18.2 Å². The minimum absolute atomic E-state index is 0.00387. The third kappa shape index (κ3) is 3.71. The van der Waals surface area contributed by atoms with Crippen molar-refractivity contribution in [1.82, 2.24) is 0 Å². The predicted octanol–water partition coefficient (Wildman–Crippen LogP) is 3.73. The van der Waals surface area contributed by atoms with Crippen LogP contribution in [0.1, 0.15) is 0 Å². The van der Waals surface area contributed by atoms with E-state index < -0.39 is 53.4 Å². The average Bonchev–Trinajstić information content (AvgIpc) is 2.67. The van der Waals surface area contributed by atoms with Gasteiger partial charge in [0.05, 0.1) is 15.9 Å². The number of benzene rings is 3. The van der Waals surface area contributed by atoms with E-state index in [9.17, 15) is 43.4 Å². The number of phenolic OH excluding ortho intramolecular Hbond substituents is 2. The van der Waals surface area contributed by atoms with Crippen LogP contribution in [0.25, 0.3) is 10.8 Å². The van der Waals surface area contributed by atoms with E-state index in [1.165, 1.54) is 18.2 Å². The van der Waals surface area contributed by atoms with Gasteiger partial charge in [-0.3, -0.25) is 24.8 Å². The third-order valence-corrected chi connectivity index (χ3v) is 4.89. The van der Waals surface area contributed by atoms with Crippen molar-refractivity contribution in [2.24, 2.45) is 10.2 Å². The molecule has 0 saturated carbocycles. The summed E-state index contributed by atoms with van der Waals surface area (Å²) >= 11 is 0. The van der Waals surface area contributed by atoms with E-state index in [1.807, 2.05) is 0 Å². The molecule has 3 aromatic rings. The molecular formula is C16H10N4O9S. The van der Waals surface area contributed by atoms with Crippen LogP contribution in [-0.4, -0.2) is 33.0 Å². The minimum atomic E-state index is -4.57.